The topological polar surface area (TPSA) is 63.6 Å². The first-order valence-electron chi connectivity index (χ1n) is 7.29. The summed E-state index contributed by atoms with van der Waals surface area (Å²) in [6, 6.07) is 6.76. The minimum atomic E-state index is -0.909. The van der Waals surface area contributed by atoms with Gasteiger partial charge in [-0.05, 0) is 19.6 Å². The van der Waals surface area contributed by atoms with Gasteiger partial charge < -0.3 is 9.84 Å². The van der Waals surface area contributed by atoms with Crippen LogP contribution in [0.1, 0.15) is 41.5 Å². The van der Waals surface area contributed by atoms with Crippen molar-refractivity contribution in [2.75, 3.05) is 5.75 Å². The number of carbonyl (C=O) groups excluding carboxylic acids is 2. The van der Waals surface area contributed by atoms with Gasteiger partial charge in [0.05, 0.1) is 10.8 Å². The summed E-state index contributed by atoms with van der Waals surface area (Å²) < 4.78 is 5.75. The van der Waals surface area contributed by atoms with Crippen molar-refractivity contribution in [1.29, 1.82) is 0 Å². The van der Waals surface area contributed by atoms with Crippen LogP contribution in [-0.2, 0) is 4.74 Å². The van der Waals surface area contributed by atoms with E-state index in [1.54, 1.807) is 38.1 Å². The van der Waals surface area contributed by atoms with Crippen LogP contribution in [0.5, 0.6) is 0 Å². The molecule has 0 saturated carbocycles. The third kappa shape index (κ3) is 2.11. The van der Waals surface area contributed by atoms with E-state index >= 15 is 0 Å². The molecule has 5 heteroatoms. The van der Waals surface area contributed by atoms with E-state index in [0.29, 0.717) is 16.7 Å². The molecule has 116 valence electrons. The highest BCUT2D eigenvalue weighted by Crippen LogP contribution is 2.43. The second kappa shape index (κ2) is 5.25. The molecule has 0 unspecified atom stereocenters. The van der Waals surface area contributed by atoms with E-state index in [0.717, 1.165) is 5.75 Å². The standard InChI is InChI=1S/C17H18O4S/c1-4-22-15-11-12(18)9-7-5-6-8-10(9)13(19)14(11)21-17(2,3)16(15)20/h5-8,15-16,20H,4H2,1-3H3/t15-,16+/m1/s1. The van der Waals surface area contributed by atoms with Crippen molar-refractivity contribution in [3.63, 3.8) is 0 Å². The van der Waals surface area contributed by atoms with Crippen LogP contribution in [0.3, 0.4) is 0 Å². The average Bonchev–Trinajstić information content (AvgIpc) is 2.49. The van der Waals surface area contributed by atoms with Crippen molar-refractivity contribution < 1.29 is 19.4 Å². The van der Waals surface area contributed by atoms with Crippen LogP contribution in [-0.4, -0.2) is 39.4 Å². The van der Waals surface area contributed by atoms with Gasteiger partial charge in [0.2, 0.25) is 5.78 Å². The largest absolute Gasteiger partial charge is 0.480 e. The molecule has 3 rings (SSSR count). The van der Waals surface area contributed by atoms with Gasteiger partial charge in [0.1, 0.15) is 11.7 Å². The lowest BCUT2D eigenvalue weighted by Crippen LogP contribution is -2.53. The van der Waals surface area contributed by atoms with E-state index in [2.05, 4.69) is 0 Å². The van der Waals surface area contributed by atoms with Crippen molar-refractivity contribution in [1.82, 2.24) is 0 Å². The predicted molar refractivity (Wildman–Crippen MR) is 85.2 cm³/mol. The summed E-state index contributed by atoms with van der Waals surface area (Å²) >= 11 is 1.47. The number of thioether (sulfide) groups is 1. The quantitative estimate of drug-likeness (QED) is 0.908. The highest BCUT2D eigenvalue weighted by Gasteiger charge is 2.50. The SMILES string of the molecule is CCS[C@@H]1C2=C(OC(C)(C)[C@H]1O)C(=O)c1ccccc1C2=O. The Bertz CT molecular complexity index is 690. The number of carbonyl (C=O) groups is 2. The van der Waals surface area contributed by atoms with E-state index in [9.17, 15) is 14.7 Å². The maximum atomic E-state index is 12.8. The summed E-state index contributed by atoms with van der Waals surface area (Å²) in [5.41, 5.74) is 0.165. The highest BCUT2D eigenvalue weighted by molar-refractivity contribution is 8.00. The number of Topliss-reactive ketones (excluding diaryl/α,β-unsaturated/α-hetero) is 2. The van der Waals surface area contributed by atoms with Crippen LogP contribution >= 0.6 is 11.8 Å². The smallest absolute Gasteiger partial charge is 0.228 e. The molecule has 0 amide bonds. The van der Waals surface area contributed by atoms with Crippen LogP contribution in [0.2, 0.25) is 0 Å². The van der Waals surface area contributed by atoms with Crippen molar-refractivity contribution in [2.45, 2.75) is 37.7 Å². The first-order valence-corrected chi connectivity index (χ1v) is 8.34. The summed E-state index contributed by atoms with van der Waals surface area (Å²) in [7, 11) is 0. The molecule has 0 saturated heterocycles. The summed E-state index contributed by atoms with van der Waals surface area (Å²) in [5.74, 6) is 0.347. The van der Waals surface area contributed by atoms with Crippen LogP contribution < -0.4 is 0 Å². The lowest BCUT2D eigenvalue weighted by Gasteiger charge is -2.43. The number of benzene rings is 1. The number of ether oxygens (including phenoxy) is 1. The fourth-order valence-corrected chi connectivity index (χ4v) is 4.18. The molecular formula is C17H18O4S. The first-order chi connectivity index (χ1) is 10.4. The Hall–Kier alpha value is -1.59. The summed E-state index contributed by atoms with van der Waals surface area (Å²) in [5, 5.41) is 10.1. The number of aliphatic hydroxyl groups excluding tert-OH is 1. The Balaban J connectivity index is 2.20. The number of ketones is 2. The zero-order valence-electron chi connectivity index (χ0n) is 12.8. The fourth-order valence-electron chi connectivity index (χ4n) is 2.93. The second-order valence-electron chi connectivity index (χ2n) is 5.97. The van der Waals surface area contributed by atoms with Gasteiger partial charge in [0.15, 0.2) is 11.5 Å². The summed E-state index contributed by atoms with van der Waals surface area (Å²) in [6.45, 7) is 5.44. The van der Waals surface area contributed by atoms with E-state index in [-0.39, 0.29) is 17.3 Å². The van der Waals surface area contributed by atoms with Gasteiger partial charge in [0, 0.05) is 11.1 Å². The highest BCUT2D eigenvalue weighted by atomic mass is 32.2. The molecule has 1 heterocycles. The zero-order valence-corrected chi connectivity index (χ0v) is 13.6. The summed E-state index contributed by atoms with van der Waals surface area (Å²) in [6.07, 6.45) is -0.849. The predicted octanol–water partition coefficient (Wildman–Crippen LogP) is 2.61. The Morgan fingerprint density at radius 2 is 1.77 bits per heavy atom. The zero-order chi connectivity index (χ0) is 16.1. The van der Waals surface area contributed by atoms with Crippen LogP contribution in [0, 0.1) is 0 Å². The maximum Gasteiger partial charge on any atom is 0.228 e. The Morgan fingerprint density at radius 1 is 1.18 bits per heavy atom. The van der Waals surface area contributed by atoms with Gasteiger partial charge in [-0.2, -0.15) is 11.8 Å². The van der Waals surface area contributed by atoms with Gasteiger partial charge in [-0.1, -0.05) is 31.2 Å². The second-order valence-corrected chi connectivity index (χ2v) is 7.39. The summed E-state index contributed by atoms with van der Waals surface area (Å²) in [4.78, 5) is 25.5. The normalized spacial score (nSPS) is 26.4. The van der Waals surface area contributed by atoms with E-state index in [1.807, 2.05) is 6.92 Å². The third-order valence-corrected chi connectivity index (χ3v) is 5.29. The molecule has 1 aromatic rings. The average molecular weight is 318 g/mol. The number of allylic oxidation sites excluding steroid dienone is 1. The molecule has 4 nitrogen and oxygen atoms in total. The third-order valence-electron chi connectivity index (χ3n) is 4.11. The molecule has 0 fully saturated rings. The van der Waals surface area contributed by atoms with Crippen LogP contribution in [0.15, 0.2) is 35.6 Å². The van der Waals surface area contributed by atoms with E-state index < -0.39 is 17.0 Å². The molecule has 2 aliphatic rings. The number of fused-ring (bicyclic) bond motifs is 1. The molecule has 1 aromatic carbocycles. The van der Waals surface area contributed by atoms with Gasteiger partial charge >= 0.3 is 0 Å². The van der Waals surface area contributed by atoms with Crippen molar-refractivity contribution in [3.8, 4) is 0 Å². The number of rotatable bonds is 2. The number of hydrogen-bond acceptors (Lipinski definition) is 5. The molecule has 2 atom stereocenters. The van der Waals surface area contributed by atoms with Crippen molar-refractivity contribution >= 4 is 23.3 Å². The number of hydrogen-bond donors (Lipinski definition) is 1. The Labute approximate surface area is 133 Å². The lowest BCUT2D eigenvalue weighted by molar-refractivity contribution is -0.0769. The molecule has 1 N–H and O–H groups in total. The van der Waals surface area contributed by atoms with Gasteiger partial charge in [-0.15, -0.1) is 0 Å². The molecule has 1 aliphatic heterocycles. The monoisotopic (exact) mass is 318 g/mol. The van der Waals surface area contributed by atoms with Crippen LogP contribution in [0.25, 0.3) is 0 Å². The number of aliphatic hydroxyl groups is 1. The fraction of sp³-hybridized carbons (Fsp3) is 0.412. The molecule has 1 aliphatic carbocycles. The minimum Gasteiger partial charge on any atom is -0.480 e. The minimum absolute atomic E-state index is 0.102. The molecule has 0 radical (unpaired) electrons. The molecule has 0 bridgehead atoms. The molecule has 0 spiro atoms. The molecule has 22 heavy (non-hydrogen) atoms. The molecular weight excluding hydrogens is 300 g/mol. The van der Waals surface area contributed by atoms with Crippen molar-refractivity contribution in [2.24, 2.45) is 0 Å². The maximum absolute atomic E-state index is 12.8. The van der Waals surface area contributed by atoms with Crippen LogP contribution in [0.4, 0.5) is 0 Å². The van der Waals surface area contributed by atoms with Gasteiger partial charge in [0.25, 0.3) is 0 Å². The first kappa shape index (κ1) is 15.3. The van der Waals surface area contributed by atoms with E-state index in [1.165, 1.54) is 11.8 Å². The Kier molecular flexibility index (Phi) is 3.65. The van der Waals surface area contributed by atoms with Gasteiger partial charge in [-0.25, -0.2) is 0 Å². The van der Waals surface area contributed by atoms with E-state index in [4.69, 9.17) is 4.74 Å². The Morgan fingerprint density at radius 3 is 2.36 bits per heavy atom. The molecule has 0 aromatic heterocycles. The van der Waals surface area contributed by atoms with Gasteiger partial charge in [-0.3, -0.25) is 9.59 Å². The van der Waals surface area contributed by atoms with Crippen molar-refractivity contribution in [3.05, 3.63) is 46.7 Å². The lowest BCUT2D eigenvalue weighted by atomic mass is 9.80.